The number of pyridine rings is 1. The fourth-order valence-corrected chi connectivity index (χ4v) is 2.83. The molecule has 29 heavy (non-hydrogen) atoms. The fourth-order valence-electron chi connectivity index (χ4n) is 2.83. The smallest absolute Gasteiger partial charge is 0.254 e. The van der Waals surface area contributed by atoms with E-state index in [0.717, 1.165) is 5.56 Å². The number of hydrogen-bond donors (Lipinski definition) is 3. The van der Waals surface area contributed by atoms with Gasteiger partial charge in [-0.3, -0.25) is 19.4 Å². The number of para-hydroxylation sites is 1. The van der Waals surface area contributed by atoms with Crippen molar-refractivity contribution >= 4 is 23.4 Å². The normalized spacial score (nSPS) is 15.7. The Morgan fingerprint density at radius 2 is 1.93 bits per heavy atom. The van der Waals surface area contributed by atoms with Crippen LogP contribution < -0.4 is 16.0 Å². The molecule has 0 bridgehead atoms. The highest BCUT2D eigenvalue weighted by molar-refractivity contribution is 6.10. The molecule has 0 spiro atoms. The third-order valence-electron chi connectivity index (χ3n) is 4.28. The number of amides is 3. The summed E-state index contributed by atoms with van der Waals surface area (Å²) in [5.41, 5.74) is 1.49. The summed E-state index contributed by atoms with van der Waals surface area (Å²) in [6, 6.07) is 9.11. The van der Waals surface area contributed by atoms with E-state index in [-0.39, 0.29) is 18.9 Å². The number of anilines is 1. The second kappa shape index (κ2) is 7.89. The van der Waals surface area contributed by atoms with Crippen molar-refractivity contribution in [1.29, 1.82) is 0 Å². The summed E-state index contributed by atoms with van der Waals surface area (Å²) in [5.74, 6) is -0.733. The molecule has 3 heterocycles. The van der Waals surface area contributed by atoms with E-state index in [1.54, 1.807) is 48.8 Å². The van der Waals surface area contributed by atoms with E-state index < -0.39 is 23.8 Å². The van der Waals surface area contributed by atoms with E-state index >= 15 is 0 Å². The molecule has 0 saturated heterocycles. The summed E-state index contributed by atoms with van der Waals surface area (Å²) >= 11 is 0. The quantitative estimate of drug-likeness (QED) is 0.586. The van der Waals surface area contributed by atoms with E-state index in [2.05, 4.69) is 31.1 Å². The summed E-state index contributed by atoms with van der Waals surface area (Å²) in [6.45, 7) is -0.000568. The number of rotatable bonds is 5. The average Bonchev–Trinajstić information content (AvgIpc) is 3.17. The minimum absolute atomic E-state index is 0.000568. The molecule has 1 aliphatic rings. The highest BCUT2D eigenvalue weighted by Crippen LogP contribution is 2.19. The predicted octanol–water partition coefficient (Wildman–Crippen LogP) is 0.889. The van der Waals surface area contributed by atoms with Gasteiger partial charge in [0.15, 0.2) is 0 Å². The zero-order chi connectivity index (χ0) is 20.2. The summed E-state index contributed by atoms with van der Waals surface area (Å²) in [5, 5.41) is 11.7. The zero-order valence-electron chi connectivity index (χ0n) is 15.1. The number of hydrogen-bond acceptors (Lipinski definition) is 7. The minimum atomic E-state index is -0.995. The molecule has 0 aliphatic carbocycles. The lowest BCUT2D eigenvalue weighted by molar-refractivity contribution is -0.125. The molecular formula is C19H16N6O4. The van der Waals surface area contributed by atoms with Crippen LogP contribution >= 0.6 is 0 Å². The largest absolute Gasteiger partial charge is 0.347 e. The van der Waals surface area contributed by atoms with Crippen molar-refractivity contribution in [2.45, 2.75) is 19.0 Å². The Labute approximate surface area is 164 Å². The van der Waals surface area contributed by atoms with Gasteiger partial charge in [0.05, 0.1) is 24.2 Å². The van der Waals surface area contributed by atoms with Gasteiger partial charge in [-0.1, -0.05) is 17.3 Å². The van der Waals surface area contributed by atoms with Crippen LogP contribution in [-0.4, -0.2) is 38.9 Å². The molecule has 3 N–H and O–H groups in total. The van der Waals surface area contributed by atoms with Crippen molar-refractivity contribution in [3.63, 3.8) is 0 Å². The molecule has 0 fully saturated rings. The predicted molar refractivity (Wildman–Crippen MR) is 100 cm³/mol. The van der Waals surface area contributed by atoms with Gasteiger partial charge < -0.3 is 20.5 Å². The second-order valence-electron chi connectivity index (χ2n) is 6.29. The average molecular weight is 392 g/mol. The van der Waals surface area contributed by atoms with Crippen LogP contribution in [0.4, 0.5) is 5.69 Å². The Morgan fingerprint density at radius 3 is 2.76 bits per heavy atom. The summed E-state index contributed by atoms with van der Waals surface area (Å²) in [6.07, 6.45) is 2.99. The molecule has 3 amide bonds. The summed E-state index contributed by atoms with van der Waals surface area (Å²) in [4.78, 5) is 45.0. The van der Waals surface area contributed by atoms with Gasteiger partial charge in [-0.15, -0.1) is 0 Å². The van der Waals surface area contributed by atoms with Crippen molar-refractivity contribution in [1.82, 2.24) is 25.8 Å². The topological polar surface area (TPSA) is 139 Å². The molecule has 0 saturated carbocycles. The first kappa shape index (κ1) is 18.3. The van der Waals surface area contributed by atoms with Crippen LogP contribution in [0, 0.1) is 0 Å². The van der Waals surface area contributed by atoms with E-state index in [1.165, 1.54) is 0 Å². The standard InChI is InChI=1S/C19H16N6O4/c26-15(21-10-16-24-17(25-29-16)11-5-7-20-8-6-11)9-14-19(28)22-13-4-2-1-3-12(13)18(27)23-14/h1-8,14H,9-10H2,(H,21,26)(H,22,28)(H,23,27)/t14-/m1/s1. The number of nitrogens with zero attached hydrogens (tertiary/aromatic N) is 3. The maximum Gasteiger partial charge on any atom is 0.254 e. The Balaban J connectivity index is 1.35. The van der Waals surface area contributed by atoms with Crippen LogP contribution in [0.5, 0.6) is 0 Å². The first-order chi connectivity index (χ1) is 14.1. The van der Waals surface area contributed by atoms with Gasteiger partial charge >= 0.3 is 0 Å². The van der Waals surface area contributed by atoms with E-state index in [1.807, 2.05) is 0 Å². The molecule has 1 atom stereocenters. The van der Waals surface area contributed by atoms with Gasteiger partial charge in [0.1, 0.15) is 6.04 Å². The van der Waals surface area contributed by atoms with Crippen molar-refractivity contribution in [3.05, 3.63) is 60.2 Å². The summed E-state index contributed by atoms with van der Waals surface area (Å²) < 4.78 is 5.11. The van der Waals surface area contributed by atoms with Gasteiger partial charge in [0.2, 0.25) is 23.5 Å². The first-order valence-corrected chi connectivity index (χ1v) is 8.80. The van der Waals surface area contributed by atoms with E-state index in [9.17, 15) is 14.4 Å². The molecule has 0 unspecified atom stereocenters. The number of fused-ring (bicyclic) bond motifs is 1. The Morgan fingerprint density at radius 1 is 1.14 bits per heavy atom. The highest BCUT2D eigenvalue weighted by Gasteiger charge is 2.29. The molecule has 3 aromatic rings. The third kappa shape index (κ3) is 4.10. The lowest BCUT2D eigenvalue weighted by Gasteiger charge is -2.13. The van der Waals surface area contributed by atoms with Gasteiger partial charge in [0.25, 0.3) is 5.91 Å². The Bertz CT molecular complexity index is 1070. The lowest BCUT2D eigenvalue weighted by Crippen LogP contribution is -2.44. The number of carbonyl (C=O) groups is 3. The lowest BCUT2D eigenvalue weighted by atomic mass is 10.1. The van der Waals surface area contributed by atoms with Crippen LogP contribution in [0.3, 0.4) is 0 Å². The zero-order valence-corrected chi connectivity index (χ0v) is 15.1. The molecule has 4 rings (SSSR count). The SMILES string of the molecule is O=C(C[C@H]1NC(=O)c2ccccc2NC1=O)NCc1nc(-c2ccncc2)no1. The minimum Gasteiger partial charge on any atom is -0.347 e. The molecule has 10 nitrogen and oxygen atoms in total. The van der Waals surface area contributed by atoms with Crippen LogP contribution in [0.15, 0.2) is 53.3 Å². The number of aromatic nitrogens is 3. The molecule has 1 aromatic carbocycles. The van der Waals surface area contributed by atoms with Crippen LogP contribution in [-0.2, 0) is 16.1 Å². The molecule has 1 aliphatic heterocycles. The third-order valence-corrected chi connectivity index (χ3v) is 4.28. The first-order valence-electron chi connectivity index (χ1n) is 8.80. The maximum atomic E-state index is 12.3. The van der Waals surface area contributed by atoms with Gasteiger partial charge in [-0.2, -0.15) is 4.98 Å². The molecule has 2 aromatic heterocycles. The number of benzene rings is 1. The molecule has 146 valence electrons. The van der Waals surface area contributed by atoms with Crippen molar-refractivity contribution in [2.24, 2.45) is 0 Å². The van der Waals surface area contributed by atoms with E-state index in [4.69, 9.17) is 4.52 Å². The number of carbonyl (C=O) groups excluding carboxylic acids is 3. The highest BCUT2D eigenvalue weighted by atomic mass is 16.5. The Kier molecular flexibility index (Phi) is 4.97. The molecule has 10 heteroatoms. The van der Waals surface area contributed by atoms with Gasteiger partial charge in [0, 0.05) is 18.0 Å². The fraction of sp³-hybridized carbons (Fsp3) is 0.158. The molecular weight excluding hydrogens is 376 g/mol. The van der Waals surface area contributed by atoms with Crippen LogP contribution in [0.25, 0.3) is 11.4 Å². The van der Waals surface area contributed by atoms with E-state index in [0.29, 0.717) is 17.1 Å². The van der Waals surface area contributed by atoms with Gasteiger partial charge in [-0.25, -0.2) is 0 Å². The van der Waals surface area contributed by atoms with Crippen molar-refractivity contribution in [3.8, 4) is 11.4 Å². The van der Waals surface area contributed by atoms with Gasteiger partial charge in [-0.05, 0) is 24.3 Å². The van der Waals surface area contributed by atoms with Crippen LogP contribution in [0.2, 0.25) is 0 Å². The Hall–Kier alpha value is -4.08. The monoisotopic (exact) mass is 392 g/mol. The molecule has 0 radical (unpaired) electrons. The van der Waals surface area contributed by atoms with Crippen molar-refractivity contribution < 1.29 is 18.9 Å². The van der Waals surface area contributed by atoms with Crippen molar-refractivity contribution in [2.75, 3.05) is 5.32 Å². The van der Waals surface area contributed by atoms with Crippen LogP contribution in [0.1, 0.15) is 22.7 Å². The maximum absolute atomic E-state index is 12.3. The summed E-state index contributed by atoms with van der Waals surface area (Å²) in [7, 11) is 0. The second-order valence-corrected chi connectivity index (χ2v) is 6.29. The number of nitrogens with one attached hydrogen (secondary N) is 3.